The van der Waals surface area contributed by atoms with E-state index < -0.39 is 0 Å². The van der Waals surface area contributed by atoms with E-state index >= 15 is 0 Å². The molecular weight excluding hydrogens is 285 g/mol. The lowest BCUT2D eigenvalue weighted by Crippen LogP contribution is -2.32. The maximum Gasteiger partial charge on any atom is 0.131 e. The highest BCUT2D eigenvalue weighted by atomic mass is 79.9. The molecule has 17 heavy (non-hydrogen) atoms. The highest BCUT2D eigenvalue weighted by Gasteiger charge is 2.12. The first kappa shape index (κ1) is 14.5. The van der Waals surface area contributed by atoms with E-state index in [0.29, 0.717) is 23.9 Å². The molecule has 0 saturated carbocycles. The maximum atomic E-state index is 13.8. The van der Waals surface area contributed by atoms with Crippen LogP contribution in [0.3, 0.4) is 0 Å². The Morgan fingerprint density at radius 2 is 2.12 bits per heavy atom. The minimum Gasteiger partial charge on any atom is -0.497 e. The summed E-state index contributed by atoms with van der Waals surface area (Å²) in [6, 6.07) is 5.42. The van der Waals surface area contributed by atoms with Crippen LogP contribution in [0, 0.1) is 5.82 Å². The zero-order valence-electron chi connectivity index (χ0n) is 10.5. The molecule has 0 aromatic heterocycles. The molecule has 0 unspecified atom stereocenters. The fourth-order valence-electron chi connectivity index (χ4n) is 1.63. The second-order valence-corrected chi connectivity index (χ2v) is 5.00. The summed E-state index contributed by atoms with van der Waals surface area (Å²) in [5, 5.41) is 0.892. The Hall–Kier alpha value is -0.610. The average molecular weight is 304 g/mol. The lowest BCUT2D eigenvalue weighted by molar-refractivity contribution is 0.224. The number of ether oxygens (including phenoxy) is 1. The molecule has 0 aliphatic carbocycles. The minimum atomic E-state index is -0.204. The highest BCUT2D eigenvalue weighted by molar-refractivity contribution is 9.09. The quantitative estimate of drug-likeness (QED) is 0.747. The van der Waals surface area contributed by atoms with Gasteiger partial charge in [0.25, 0.3) is 0 Å². The summed E-state index contributed by atoms with van der Waals surface area (Å²) >= 11 is 3.42. The Labute approximate surface area is 111 Å². The molecule has 0 aliphatic rings. The van der Waals surface area contributed by atoms with Crippen molar-refractivity contribution in [2.45, 2.75) is 26.4 Å². The van der Waals surface area contributed by atoms with Crippen molar-refractivity contribution in [1.29, 1.82) is 0 Å². The van der Waals surface area contributed by atoms with Crippen molar-refractivity contribution < 1.29 is 9.13 Å². The molecule has 4 heteroatoms. The predicted octanol–water partition coefficient (Wildman–Crippen LogP) is 3.44. The molecule has 0 radical (unpaired) electrons. The lowest BCUT2D eigenvalue weighted by atomic mass is 10.1. The van der Waals surface area contributed by atoms with E-state index in [1.165, 1.54) is 6.07 Å². The van der Waals surface area contributed by atoms with Crippen molar-refractivity contribution in [2.24, 2.45) is 0 Å². The largest absolute Gasteiger partial charge is 0.497 e. The third kappa shape index (κ3) is 4.28. The van der Waals surface area contributed by atoms with Crippen LogP contribution in [0.4, 0.5) is 4.39 Å². The molecule has 2 nitrogen and oxygen atoms in total. The van der Waals surface area contributed by atoms with E-state index in [1.54, 1.807) is 19.2 Å². The molecule has 1 aromatic carbocycles. The van der Waals surface area contributed by atoms with Gasteiger partial charge in [-0.15, -0.1) is 0 Å². The molecular formula is C13H19BrFNO. The SMILES string of the molecule is COc1ccc(CN(CCBr)C(C)C)c(F)c1. The van der Waals surface area contributed by atoms with Crippen LogP contribution in [-0.4, -0.2) is 29.9 Å². The van der Waals surface area contributed by atoms with Crippen LogP contribution in [0.25, 0.3) is 0 Å². The Kier molecular flexibility index (Phi) is 5.92. The van der Waals surface area contributed by atoms with Gasteiger partial charge in [-0.2, -0.15) is 0 Å². The Morgan fingerprint density at radius 3 is 2.59 bits per heavy atom. The van der Waals surface area contributed by atoms with Gasteiger partial charge in [0, 0.05) is 36.1 Å². The van der Waals surface area contributed by atoms with Gasteiger partial charge in [0.15, 0.2) is 0 Å². The third-order valence-corrected chi connectivity index (χ3v) is 3.09. The second kappa shape index (κ2) is 6.97. The summed E-state index contributed by atoms with van der Waals surface area (Å²) in [6.07, 6.45) is 0. The van der Waals surface area contributed by atoms with Crippen LogP contribution in [0.2, 0.25) is 0 Å². The number of methoxy groups -OCH3 is 1. The summed E-state index contributed by atoms with van der Waals surface area (Å²) in [7, 11) is 1.54. The van der Waals surface area contributed by atoms with Gasteiger partial charge >= 0.3 is 0 Å². The molecule has 0 atom stereocenters. The first-order chi connectivity index (χ1) is 8.08. The summed E-state index contributed by atoms with van der Waals surface area (Å²) in [6.45, 7) is 5.76. The van der Waals surface area contributed by atoms with Crippen molar-refractivity contribution in [2.75, 3.05) is 19.0 Å². The highest BCUT2D eigenvalue weighted by Crippen LogP contribution is 2.18. The van der Waals surface area contributed by atoms with Crippen LogP contribution < -0.4 is 4.74 Å². The van der Waals surface area contributed by atoms with E-state index in [2.05, 4.69) is 34.7 Å². The number of halogens is 2. The minimum absolute atomic E-state index is 0.204. The van der Waals surface area contributed by atoms with Gasteiger partial charge in [-0.1, -0.05) is 22.0 Å². The molecule has 1 rings (SSSR count). The van der Waals surface area contributed by atoms with Crippen molar-refractivity contribution >= 4 is 15.9 Å². The maximum absolute atomic E-state index is 13.8. The Balaban J connectivity index is 2.78. The van der Waals surface area contributed by atoms with Crippen LogP contribution in [-0.2, 0) is 6.54 Å². The van der Waals surface area contributed by atoms with E-state index in [-0.39, 0.29) is 5.82 Å². The molecule has 0 N–H and O–H groups in total. The van der Waals surface area contributed by atoms with Crippen LogP contribution in [0.15, 0.2) is 18.2 Å². The van der Waals surface area contributed by atoms with Gasteiger partial charge in [0.1, 0.15) is 11.6 Å². The zero-order chi connectivity index (χ0) is 12.8. The summed E-state index contributed by atoms with van der Waals surface area (Å²) in [5.74, 6) is 0.354. The number of rotatable bonds is 6. The van der Waals surface area contributed by atoms with Crippen LogP contribution >= 0.6 is 15.9 Å². The molecule has 0 amide bonds. The number of hydrogen-bond donors (Lipinski definition) is 0. The lowest BCUT2D eigenvalue weighted by Gasteiger charge is -2.25. The van der Waals surface area contributed by atoms with Gasteiger partial charge in [0.05, 0.1) is 7.11 Å². The van der Waals surface area contributed by atoms with Crippen LogP contribution in [0.1, 0.15) is 19.4 Å². The van der Waals surface area contributed by atoms with Crippen molar-refractivity contribution in [3.05, 3.63) is 29.6 Å². The van der Waals surface area contributed by atoms with Gasteiger partial charge in [-0.05, 0) is 19.9 Å². The fourth-order valence-corrected chi connectivity index (χ4v) is 2.09. The number of hydrogen-bond acceptors (Lipinski definition) is 2. The molecule has 0 aliphatic heterocycles. The average Bonchev–Trinajstić information content (AvgIpc) is 2.30. The molecule has 1 aromatic rings. The fraction of sp³-hybridized carbons (Fsp3) is 0.538. The van der Waals surface area contributed by atoms with Gasteiger partial charge in [-0.25, -0.2) is 4.39 Å². The molecule has 0 heterocycles. The summed E-state index contributed by atoms with van der Waals surface area (Å²) in [4.78, 5) is 2.22. The third-order valence-electron chi connectivity index (χ3n) is 2.74. The molecule has 0 fully saturated rings. The standard InChI is InChI=1S/C13H19BrFNO/c1-10(2)16(7-6-14)9-11-4-5-12(17-3)8-13(11)15/h4-5,8,10H,6-7,9H2,1-3H3. The predicted molar refractivity (Wildman–Crippen MR) is 72.3 cm³/mol. The van der Waals surface area contributed by atoms with E-state index in [1.807, 2.05) is 0 Å². The number of nitrogens with zero attached hydrogens (tertiary/aromatic N) is 1. The Bertz CT molecular complexity index is 357. The normalized spacial score (nSPS) is 11.2. The van der Waals surface area contributed by atoms with E-state index in [4.69, 9.17) is 4.74 Å². The van der Waals surface area contributed by atoms with Gasteiger partial charge in [-0.3, -0.25) is 4.90 Å². The number of alkyl halides is 1. The van der Waals surface area contributed by atoms with Gasteiger partial charge in [0.2, 0.25) is 0 Å². The first-order valence-corrected chi connectivity index (χ1v) is 6.83. The molecule has 0 saturated heterocycles. The van der Waals surface area contributed by atoms with Crippen molar-refractivity contribution in [3.63, 3.8) is 0 Å². The Morgan fingerprint density at radius 1 is 1.41 bits per heavy atom. The number of benzene rings is 1. The van der Waals surface area contributed by atoms with Crippen molar-refractivity contribution in [1.82, 2.24) is 4.90 Å². The molecule has 0 spiro atoms. The van der Waals surface area contributed by atoms with Crippen molar-refractivity contribution in [3.8, 4) is 5.75 Å². The topological polar surface area (TPSA) is 12.5 Å². The molecule has 0 bridgehead atoms. The summed E-state index contributed by atoms with van der Waals surface area (Å²) in [5.41, 5.74) is 0.709. The summed E-state index contributed by atoms with van der Waals surface area (Å²) < 4.78 is 18.8. The zero-order valence-corrected chi connectivity index (χ0v) is 12.1. The monoisotopic (exact) mass is 303 g/mol. The van der Waals surface area contributed by atoms with E-state index in [0.717, 1.165) is 11.9 Å². The van der Waals surface area contributed by atoms with Crippen LogP contribution in [0.5, 0.6) is 5.75 Å². The second-order valence-electron chi connectivity index (χ2n) is 4.21. The smallest absolute Gasteiger partial charge is 0.131 e. The first-order valence-electron chi connectivity index (χ1n) is 5.71. The van der Waals surface area contributed by atoms with Gasteiger partial charge < -0.3 is 4.74 Å². The molecule has 96 valence electrons. The van der Waals surface area contributed by atoms with E-state index in [9.17, 15) is 4.39 Å².